The van der Waals surface area contributed by atoms with Gasteiger partial charge in [-0.3, -0.25) is 4.79 Å². The average Bonchev–Trinajstić information content (AvgIpc) is 2.57. The van der Waals surface area contributed by atoms with Gasteiger partial charge >= 0.3 is 0 Å². The maximum absolute atomic E-state index is 12.4. The number of carbonyl (C=O) groups excluding carboxylic acids is 1. The van der Waals surface area contributed by atoms with Gasteiger partial charge in [-0.25, -0.2) is 0 Å². The lowest BCUT2D eigenvalue weighted by Gasteiger charge is -2.22. The minimum absolute atomic E-state index is 0.0377. The van der Waals surface area contributed by atoms with Crippen LogP contribution >= 0.6 is 11.6 Å². The van der Waals surface area contributed by atoms with Crippen LogP contribution in [-0.4, -0.2) is 19.5 Å². The highest BCUT2D eigenvalue weighted by Gasteiger charge is 2.12. The van der Waals surface area contributed by atoms with E-state index < -0.39 is 0 Å². The second kappa shape index (κ2) is 8.91. The van der Waals surface area contributed by atoms with Crippen molar-refractivity contribution < 1.29 is 4.79 Å². The van der Waals surface area contributed by atoms with Crippen molar-refractivity contribution in [1.82, 2.24) is 0 Å². The number of allylic oxidation sites excluding steroid dienone is 1. The molecule has 0 saturated heterocycles. The molecule has 3 nitrogen and oxygen atoms in total. The monoisotopic (exact) mass is 370 g/mol. The Morgan fingerprint density at radius 3 is 2.42 bits per heavy atom. The second-order valence-electron chi connectivity index (χ2n) is 6.80. The highest BCUT2D eigenvalue weighted by molar-refractivity contribution is 6.30. The first-order chi connectivity index (χ1) is 12.3. The number of benzene rings is 2. The molecule has 1 amide bonds. The summed E-state index contributed by atoms with van der Waals surface area (Å²) in [5, 5.41) is 3.70. The van der Waals surface area contributed by atoms with Crippen molar-refractivity contribution >= 4 is 28.9 Å². The molecule has 2 aromatic rings. The fourth-order valence-electron chi connectivity index (χ4n) is 2.93. The van der Waals surface area contributed by atoms with E-state index in [1.165, 1.54) is 5.57 Å². The van der Waals surface area contributed by atoms with Gasteiger partial charge in [0, 0.05) is 30.0 Å². The molecule has 0 unspecified atom stereocenters. The van der Waals surface area contributed by atoms with E-state index in [-0.39, 0.29) is 5.91 Å². The third-order valence-corrected chi connectivity index (χ3v) is 4.69. The summed E-state index contributed by atoms with van der Waals surface area (Å²) < 4.78 is 0. The zero-order chi connectivity index (χ0) is 19.3. The largest absolute Gasteiger partial charge is 0.371 e. The molecule has 0 aliphatic carbocycles. The van der Waals surface area contributed by atoms with Crippen molar-refractivity contribution in [2.45, 2.75) is 34.1 Å². The molecule has 0 atom stereocenters. The van der Waals surface area contributed by atoms with E-state index in [4.69, 9.17) is 11.6 Å². The molecule has 138 valence electrons. The first-order valence-electron chi connectivity index (χ1n) is 8.78. The predicted octanol–water partition coefficient (Wildman–Crippen LogP) is 5.54. The van der Waals surface area contributed by atoms with Gasteiger partial charge in [-0.2, -0.15) is 0 Å². The highest BCUT2D eigenvalue weighted by atomic mass is 35.5. The number of nitrogens with zero attached hydrogens (tertiary/aromatic N) is 1. The number of hydrogen-bond donors (Lipinski definition) is 1. The summed E-state index contributed by atoms with van der Waals surface area (Å²) in [5.41, 5.74) is 6.38. The van der Waals surface area contributed by atoms with Gasteiger partial charge in [0.25, 0.3) is 0 Å². The number of nitrogens with one attached hydrogen (secondary N) is 1. The fraction of sp³-hybridized carbons (Fsp3) is 0.318. The molecular formula is C22H27ClN2O. The number of hydrogen-bond acceptors (Lipinski definition) is 2. The number of likely N-dealkylation sites (N-methyl/N-ethyl adjacent to an activating group) is 1. The smallest absolute Gasteiger partial charge is 0.228 e. The first kappa shape index (κ1) is 20.1. The Labute approximate surface area is 161 Å². The van der Waals surface area contributed by atoms with Crippen molar-refractivity contribution in [3.05, 3.63) is 69.8 Å². The molecule has 0 bridgehead atoms. The molecule has 0 saturated carbocycles. The normalized spacial score (nSPS) is 11.4. The van der Waals surface area contributed by atoms with Gasteiger partial charge in [0.1, 0.15) is 0 Å². The lowest BCUT2D eigenvalue weighted by molar-refractivity contribution is -0.115. The summed E-state index contributed by atoms with van der Waals surface area (Å²) in [7, 11) is 2.08. The summed E-state index contributed by atoms with van der Waals surface area (Å²) in [6.45, 7) is 9.12. The van der Waals surface area contributed by atoms with Crippen molar-refractivity contribution in [3.63, 3.8) is 0 Å². The van der Waals surface area contributed by atoms with Gasteiger partial charge in [-0.05, 0) is 68.7 Å². The van der Waals surface area contributed by atoms with Crippen LogP contribution in [0.2, 0.25) is 5.02 Å². The Kier molecular flexibility index (Phi) is 6.87. The number of rotatable bonds is 6. The number of amides is 1. The molecule has 4 heteroatoms. The van der Waals surface area contributed by atoms with E-state index in [9.17, 15) is 4.79 Å². The van der Waals surface area contributed by atoms with Crippen LogP contribution < -0.4 is 10.2 Å². The van der Waals surface area contributed by atoms with Crippen LogP contribution in [0, 0.1) is 13.8 Å². The van der Waals surface area contributed by atoms with Crippen LogP contribution in [0.15, 0.2) is 48.0 Å². The van der Waals surface area contributed by atoms with Gasteiger partial charge in [-0.15, -0.1) is 0 Å². The second-order valence-corrected chi connectivity index (χ2v) is 7.24. The summed E-state index contributed by atoms with van der Waals surface area (Å²) in [6.07, 6.45) is 2.43. The van der Waals surface area contributed by atoms with Gasteiger partial charge in [0.15, 0.2) is 0 Å². The molecule has 0 aromatic heterocycles. The first-order valence-corrected chi connectivity index (χ1v) is 9.16. The molecule has 2 aromatic carbocycles. The van der Waals surface area contributed by atoms with E-state index in [1.54, 1.807) is 0 Å². The zero-order valence-corrected chi connectivity index (χ0v) is 16.9. The molecule has 0 fully saturated rings. The Balaban J connectivity index is 2.13. The van der Waals surface area contributed by atoms with Gasteiger partial charge in [0.2, 0.25) is 5.91 Å². The fourth-order valence-corrected chi connectivity index (χ4v) is 3.14. The van der Waals surface area contributed by atoms with E-state index in [2.05, 4.69) is 49.3 Å². The van der Waals surface area contributed by atoms with Crippen LogP contribution in [0.3, 0.4) is 0 Å². The van der Waals surface area contributed by atoms with Crippen molar-refractivity contribution in [1.29, 1.82) is 0 Å². The third-order valence-electron chi connectivity index (χ3n) is 4.46. The van der Waals surface area contributed by atoms with Crippen LogP contribution in [0.5, 0.6) is 0 Å². The van der Waals surface area contributed by atoms with Crippen LogP contribution in [-0.2, 0) is 11.2 Å². The zero-order valence-electron chi connectivity index (χ0n) is 16.2. The molecule has 1 N–H and O–H groups in total. The SMILES string of the molecule is CC=C(C)CN(C)c1cc(C)c(NC(=O)Cc2cccc(Cl)c2)c(C)c1. The number of aryl methyl sites for hydroxylation is 2. The molecular weight excluding hydrogens is 344 g/mol. The Hall–Kier alpha value is -2.26. The van der Waals surface area contributed by atoms with Crippen LogP contribution in [0.25, 0.3) is 0 Å². The van der Waals surface area contributed by atoms with Crippen molar-refractivity contribution in [2.75, 3.05) is 23.8 Å². The molecule has 0 spiro atoms. The van der Waals surface area contributed by atoms with Crippen LogP contribution in [0.4, 0.5) is 11.4 Å². The molecule has 0 aliphatic heterocycles. The van der Waals surface area contributed by atoms with Gasteiger partial charge < -0.3 is 10.2 Å². The summed E-state index contributed by atoms with van der Waals surface area (Å²) in [5.74, 6) is -0.0377. The Morgan fingerprint density at radius 1 is 1.19 bits per heavy atom. The lowest BCUT2D eigenvalue weighted by atomic mass is 10.1. The third kappa shape index (κ3) is 5.37. The molecule has 0 heterocycles. The molecule has 0 radical (unpaired) electrons. The standard InChI is InChI=1S/C22H27ClN2O/c1-6-15(2)14-25(5)20-10-16(3)22(17(4)11-20)24-21(26)13-18-8-7-9-19(23)12-18/h6-12H,13-14H2,1-5H3,(H,24,26). The molecule has 26 heavy (non-hydrogen) atoms. The summed E-state index contributed by atoms with van der Waals surface area (Å²) in [6, 6.07) is 11.6. The number of anilines is 2. The van der Waals surface area contributed by atoms with Crippen LogP contribution in [0.1, 0.15) is 30.5 Å². The van der Waals surface area contributed by atoms with Crippen molar-refractivity contribution in [2.24, 2.45) is 0 Å². The number of halogens is 1. The quantitative estimate of drug-likeness (QED) is 0.677. The van der Waals surface area contributed by atoms with E-state index in [1.807, 2.05) is 38.1 Å². The molecule has 2 rings (SSSR count). The van der Waals surface area contributed by atoms with E-state index >= 15 is 0 Å². The Morgan fingerprint density at radius 2 is 1.85 bits per heavy atom. The average molecular weight is 371 g/mol. The number of carbonyl (C=O) groups is 1. The topological polar surface area (TPSA) is 32.3 Å². The van der Waals surface area contributed by atoms with Gasteiger partial charge in [-0.1, -0.05) is 35.4 Å². The predicted molar refractivity (Wildman–Crippen MR) is 112 cm³/mol. The maximum atomic E-state index is 12.4. The highest BCUT2D eigenvalue weighted by Crippen LogP contribution is 2.27. The minimum Gasteiger partial charge on any atom is -0.371 e. The Bertz CT molecular complexity index is 804. The summed E-state index contributed by atoms with van der Waals surface area (Å²) in [4.78, 5) is 14.6. The van der Waals surface area contributed by atoms with Crippen molar-refractivity contribution in [3.8, 4) is 0 Å². The van der Waals surface area contributed by atoms with E-state index in [0.717, 1.165) is 34.6 Å². The minimum atomic E-state index is -0.0377. The van der Waals surface area contributed by atoms with E-state index in [0.29, 0.717) is 11.4 Å². The maximum Gasteiger partial charge on any atom is 0.228 e. The van der Waals surface area contributed by atoms with Gasteiger partial charge in [0.05, 0.1) is 6.42 Å². The molecule has 0 aliphatic rings. The summed E-state index contributed by atoms with van der Waals surface area (Å²) >= 11 is 5.99. The lowest BCUT2D eigenvalue weighted by Crippen LogP contribution is -2.20.